The van der Waals surface area contributed by atoms with E-state index >= 15 is 0 Å². The third-order valence-electron chi connectivity index (χ3n) is 3.41. The minimum absolute atomic E-state index is 0.182. The number of nitrogens with zero attached hydrogens (tertiary/aromatic N) is 1. The number of carbonyl (C=O) groups is 2. The zero-order valence-corrected chi connectivity index (χ0v) is 12.5. The lowest BCUT2D eigenvalue weighted by Crippen LogP contribution is -2.38. The van der Waals surface area contributed by atoms with Crippen molar-refractivity contribution in [3.63, 3.8) is 0 Å². The molecule has 2 aromatic rings. The molecule has 0 heterocycles. The average Bonchev–Trinajstić information content (AvgIpc) is 2.51. The van der Waals surface area contributed by atoms with Gasteiger partial charge in [0.15, 0.2) is 0 Å². The van der Waals surface area contributed by atoms with E-state index in [0.717, 1.165) is 16.3 Å². The molecule has 0 atom stereocenters. The molecule has 5 heteroatoms. The van der Waals surface area contributed by atoms with Crippen LogP contribution in [0.15, 0.2) is 42.5 Å². The fourth-order valence-electron chi connectivity index (χ4n) is 2.29. The van der Waals surface area contributed by atoms with Crippen LogP contribution in [0.4, 0.5) is 0 Å². The molecule has 0 spiro atoms. The van der Waals surface area contributed by atoms with Gasteiger partial charge in [-0.3, -0.25) is 9.59 Å². The molecule has 0 aromatic heterocycles. The molecule has 2 rings (SSSR count). The van der Waals surface area contributed by atoms with Gasteiger partial charge in [0.2, 0.25) is 5.91 Å². The maximum absolute atomic E-state index is 12.3. The molecule has 0 unspecified atom stereocenters. The summed E-state index contributed by atoms with van der Waals surface area (Å²) in [5.74, 6) is -1.24. The van der Waals surface area contributed by atoms with Gasteiger partial charge < -0.3 is 14.7 Å². The maximum atomic E-state index is 12.3. The van der Waals surface area contributed by atoms with Gasteiger partial charge in [-0.05, 0) is 16.3 Å². The lowest BCUT2D eigenvalue weighted by molar-refractivity contribution is -0.144. The van der Waals surface area contributed by atoms with Gasteiger partial charge in [-0.25, -0.2) is 0 Å². The van der Waals surface area contributed by atoms with Gasteiger partial charge >= 0.3 is 5.97 Å². The Morgan fingerprint density at radius 3 is 2.55 bits per heavy atom. The van der Waals surface area contributed by atoms with Gasteiger partial charge in [-0.2, -0.15) is 0 Å². The lowest BCUT2D eigenvalue weighted by Gasteiger charge is -2.20. The summed E-state index contributed by atoms with van der Waals surface area (Å²) in [7, 11) is 1.52. The van der Waals surface area contributed by atoms with E-state index < -0.39 is 5.97 Å². The second-order valence-corrected chi connectivity index (χ2v) is 5.06. The largest absolute Gasteiger partial charge is 0.480 e. The number of hydrogen-bond donors (Lipinski definition) is 1. The molecule has 0 aliphatic rings. The SMILES string of the molecule is COCCN(CC(=O)O)C(=O)Cc1ccc2ccccc2c1. The Morgan fingerprint density at radius 2 is 1.86 bits per heavy atom. The second-order valence-electron chi connectivity index (χ2n) is 5.06. The zero-order chi connectivity index (χ0) is 15.9. The van der Waals surface area contributed by atoms with Crippen molar-refractivity contribution in [3.05, 3.63) is 48.0 Å². The number of rotatable bonds is 7. The van der Waals surface area contributed by atoms with Crippen molar-refractivity contribution in [2.75, 3.05) is 26.8 Å². The van der Waals surface area contributed by atoms with E-state index in [-0.39, 0.29) is 25.4 Å². The molecule has 2 aromatic carbocycles. The molecule has 0 fully saturated rings. The summed E-state index contributed by atoms with van der Waals surface area (Å²) >= 11 is 0. The molecule has 116 valence electrons. The Bertz CT molecular complexity index is 669. The van der Waals surface area contributed by atoms with Gasteiger partial charge in [-0.15, -0.1) is 0 Å². The molecular formula is C17H19NO4. The first-order valence-electron chi connectivity index (χ1n) is 7.06. The third-order valence-corrected chi connectivity index (χ3v) is 3.41. The molecular weight excluding hydrogens is 282 g/mol. The average molecular weight is 301 g/mol. The highest BCUT2D eigenvalue weighted by molar-refractivity contribution is 5.86. The predicted molar refractivity (Wildman–Crippen MR) is 83.7 cm³/mol. The van der Waals surface area contributed by atoms with Crippen LogP contribution in [0.1, 0.15) is 5.56 Å². The van der Waals surface area contributed by atoms with Crippen LogP contribution in [-0.4, -0.2) is 48.7 Å². The summed E-state index contributed by atoms with van der Waals surface area (Å²) in [6.45, 7) is 0.279. The van der Waals surface area contributed by atoms with Crippen LogP contribution in [0.25, 0.3) is 10.8 Å². The number of carboxylic acid groups (broad SMARTS) is 1. The Labute approximate surface area is 129 Å². The summed E-state index contributed by atoms with van der Waals surface area (Å²) in [5, 5.41) is 11.1. The Morgan fingerprint density at radius 1 is 1.14 bits per heavy atom. The number of benzene rings is 2. The molecule has 22 heavy (non-hydrogen) atoms. The number of carbonyl (C=O) groups excluding carboxylic acids is 1. The van der Waals surface area contributed by atoms with E-state index in [1.165, 1.54) is 12.0 Å². The van der Waals surface area contributed by atoms with Gasteiger partial charge in [0.1, 0.15) is 6.54 Å². The Balaban J connectivity index is 2.10. The highest BCUT2D eigenvalue weighted by Gasteiger charge is 2.16. The van der Waals surface area contributed by atoms with Crippen molar-refractivity contribution in [1.82, 2.24) is 4.90 Å². The minimum atomic E-state index is -1.03. The van der Waals surface area contributed by atoms with E-state index in [0.29, 0.717) is 6.61 Å². The van der Waals surface area contributed by atoms with E-state index in [9.17, 15) is 9.59 Å². The van der Waals surface area contributed by atoms with Crippen molar-refractivity contribution in [2.24, 2.45) is 0 Å². The van der Waals surface area contributed by atoms with E-state index in [2.05, 4.69) is 0 Å². The van der Waals surface area contributed by atoms with Crippen molar-refractivity contribution < 1.29 is 19.4 Å². The van der Waals surface area contributed by atoms with Crippen molar-refractivity contribution in [1.29, 1.82) is 0 Å². The Hall–Kier alpha value is -2.40. The topological polar surface area (TPSA) is 66.8 Å². The number of ether oxygens (including phenoxy) is 1. The minimum Gasteiger partial charge on any atom is -0.480 e. The van der Waals surface area contributed by atoms with Crippen LogP contribution < -0.4 is 0 Å². The molecule has 1 amide bonds. The number of methoxy groups -OCH3 is 1. The van der Waals surface area contributed by atoms with E-state index in [1.54, 1.807) is 0 Å². The standard InChI is InChI=1S/C17H19NO4/c1-22-9-8-18(12-17(20)21)16(19)11-13-6-7-14-4-2-3-5-15(14)10-13/h2-7,10H,8-9,11-12H2,1H3,(H,20,21). The number of fused-ring (bicyclic) bond motifs is 1. The molecule has 0 bridgehead atoms. The van der Waals surface area contributed by atoms with Crippen LogP contribution in [0.5, 0.6) is 0 Å². The number of hydrogen-bond acceptors (Lipinski definition) is 3. The van der Waals surface area contributed by atoms with Gasteiger partial charge in [-0.1, -0.05) is 42.5 Å². The molecule has 0 aliphatic carbocycles. The molecule has 1 N–H and O–H groups in total. The summed E-state index contributed by atoms with van der Waals surface area (Å²) in [6, 6.07) is 13.7. The van der Waals surface area contributed by atoms with Gasteiger partial charge in [0.25, 0.3) is 0 Å². The van der Waals surface area contributed by atoms with Crippen molar-refractivity contribution in [3.8, 4) is 0 Å². The smallest absolute Gasteiger partial charge is 0.323 e. The normalized spacial score (nSPS) is 10.6. The molecule has 5 nitrogen and oxygen atoms in total. The Kier molecular flexibility index (Phi) is 5.49. The number of carboxylic acids is 1. The van der Waals surface area contributed by atoms with Crippen molar-refractivity contribution >= 4 is 22.6 Å². The lowest BCUT2D eigenvalue weighted by atomic mass is 10.0. The molecule has 0 radical (unpaired) electrons. The van der Waals surface area contributed by atoms with Crippen LogP contribution in [0.2, 0.25) is 0 Å². The highest BCUT2D eigenvalue weighted by Crippen LogP contribution is 2.16. The quantitative estimate of drug-likeness (QED) is 0.848. The number of amides is 1. The summed E-state index contributed by atoms with van der Waals surface area (Å²) in [6.07, 6.45) is 0.182. The predicted octanol–water partition coefficient (Wildman–Crippen LogP) is 1.94. The summed E-state index contributed by atoms with van der Waals surface area (Å²) < 4.78 is 4.93. The monoisotopic (exact) mass is 301 g/mol. The molecule has 0 saturated heterocycles. The summed E-state index contributed by atoms with van der Waals surface area (Å²) in [4.78, 5) is 24.5. The zero-order valence-electron chi connectivity index (χ0n) is 12.5. The van der Waals surface area contributed by atoms with Crippen LogP contribution in [0.3, 0.4) is 0 Å². The van der Waals surface area contributed by atoms with Crippen molar-refractivity contribution in [2.45, 2.75) is 6.42 Å². The fourth-order valence-corrected chi connectivity index (χ4v) is 2.29. The summed E-state index contributed by atoms with van der Waals surface area (Å²) in [5.41, 5.74) is 0.872. The van der Waals surface area contributed by atoms with Gasteiger partial charge in [0.05, 0.1) is 13.0 Å². The highest BCUT2D eigenvalue weighted by atomic mass is 16.5. The first-order valence-corrected chi connectivity index (χ1v) is 7.06. The van der Waals surface area contributed by atoms with Crippen LogP contribution in [-0.2, 0) is 20.7 Å². The first-order chi connectivity index (χ1) is 10.6. The maximum Gasteiger partial charge on any atom is 0.323 e. The molecule has 0 aliphatic heterocycles. The molecule has 0 saturated carbocycles. The first kappa shape index (κ1) is 16.0. The van der Waals surface area contributed by atoms with Crippen LogP contribution in [0, 0.1) is 0 Å². The van der Waals surface area contributed by atoms with Crippen LogP contribution >= 0.6 is 0 Å². The third kappa shape index (κ3) is 4.30. The van der Waals surface area contributed by atoms with E-state index in [1.807, 2.05) is 42.5 Å². The number of aliphatic carboxylic acids is 1. The van der Waals surface area contributed by atoms with Gasteiger partial charge in [0, 0.05) is 13.7 Å². The van der Waals surface area contributed by atoms with E-state index in [4.69, 9.17) is 9.84 Å². The fraction of sp³-hybridized carbons (Fsp3) is 0.294. The second kappa shape index (κ2) is 7.56.